The molecule has 0 unspecified atom stereocenters. The minimum absolute atomic E-state index is 0.124. The monoisotopic (exact) mass is 363 g/mol. The summed E-state index contributed by atoms with van der Waals surface area (Å²) in [6, 6.07) is 13.1. The Morgan fingerprint density at radius 2 is 1.85 bits per heavy atom. The number of furan rings is 2. The van der Waals surface area contributed by atoms with Gasteiger partial charge in [0.1, 0.15) is 23.3 Å². The van der Waals surface area contributed by atoms with Gasteiger partial charge in [-0.05, 0) is 49.2 Å². The summed E-state index contributed by atoms with van der Waals surface area (Å²) in [5.41, 5.74) is 3.93. The van der Waals surface area contributed by atoms with Crippen LogP contribution in [0.2, 0.25) is 0 Å². The van der Waals surface area contributed by atoms with Gasteiger partial charge in [-0.3, -0.25) is 4.79 Å². The van der Waals surface area contributed by atoms with Crippen molar-refractivity contribution in [3.63, 3.8) is 0 Å². The topological polar surface area (TPSA) is 71.0 Å². The maximum absolute atomic E-state index is 12.9. The number of carbonyl (C=O) groups is 1. The molecule has 138 valence electrons. The number of benzene rings is 1. The first-order chi connectivity index (χ1) is 13.1. The highest BCUT2D eigenvalue weighted by molar-refractivity contribution is 6.01. The van der Waals surface area contributed by atoms with E-state index in [2.05, 4.69) is 10.4 Å². The van der Waals surface area contributed by atoms with Gasteiger partial charge in [0, 0.05) is 12.1 Å². The molecule has 2 aromatic heterocycles. The highest BCUT2D eigenvalue weighted by atomic mass is 16.3. The summed E-state index contributed by atoms with van der Waals surface area (Å²) >= 11 is 0. The molecule has 0 spiro atoms. The second-order valence-corrected chi connectivity index (χ2v) is 6.62. The van der Waals surface area contributed by atoms with Crippen molar-refractivity contribution in [3.8, 4) is 0 Å². The van der Waals surface area contributed by atoms with Gasteiger partial charge in [-0.2, -0.15) is 5.10 Å². The maximum atomic E-state index is 12.9. The Kier molecular flexibility index (Phi) is 4.54. The van der Waals surface area contributed by atoms with Gasteiger partial charge in [0.25, 0.3) is 5.91 Å². The molecule has 4 rings (SSSR count). The molecule has 6 nitrogen and oxygen atoms in total. The average Bonchev–Trinajstić information content (AvgIpc) is 3.40. The molecule has 1 amide bonds. The van der Waals surface area contributed by atoms with Gasteiger partial charge in [-0.1, -0.05) is 18.2 Å². The van der Waals surface area contributed by atoms with Gasteiger partial charge < -0.3 is 14.2 Å². The van der Waals surface area contributed by atoms with Gasteiger partial charge >= 0.3 is 0 Å². The van der Waals surface area contributed by atoms with Crippen molar-refractivity contribution in [2.45, 2.75) is 26.3 Å². The van der Waals surface area contributed by atoms with Crippen LogP contribution >= 0.6 is 0 Å². The van der Waals surface area contributed by atoms with Crippen molar-refractivity contribution in [1.29, 1.82) is 0 Å². The fourth-order valence-corrected chi connectivity index (χ4v) is 3.37. The number of anilines is 1. The van der Waals surface area contributed by atoms with Crippen molar-refractivity contribution in [3.05, 3.63) is 77.6 Å². The van der Waals surface area contributed by atoms with Crippen LogP contribution in [0.1, 0.15) is 35.1 Å². The summed E-state index contributed by atoms with van der Waals surface area (Å²) in [4.78, 5) is 12.9. The third-order valence-corrected chi connectivity index (χ3v) is 4.74. The number of carbonyl (C=O) groups excluding carboxylic acids is 1. The zero-order valence-electron chi connectivity index (χ0n) is 15.3. The quantitative estimate of drug-likeness (QED) is 0.734. The minimum atomic E-state index is -0.271. The predicted molar refractivity (Wildman–Crippen MR) is 103 cm³/mol. The molecule has 0 aliphatic carbocycles. The lowest BCUT2D eigenvalue weighted by molar-refractivity contribution is -0.131. The van der Waals surface area contributed by atoms with Crippen molar-refractivity contribution in [2.75, 3.05) is 11.9 Å². The van der Waals surface area contributed by atoms with Gasteiger partial charge in [-0.25, -0.2) is 5.01 Å². The van der Waals surface area contributed by atoms with E-state index >= 15 is 0 Å². The van der Waals surface area contributed by atoms with Crippen LogP contribution in [0.3, 0.4) is 0 Å². The van der Waals surface area contributed by atoms with Crippen LogP contribution in [0.4, 0.5) is 5.69 Å². The molecule has 1 aliphatic heterocycles. The first-order valence-corrected chi connectivity index (χ1v) is 8.90. The zero-order valence-corrected chi connectivity index (χ0v) is 15.3. The Morgan fingerprint density at radius 1 is 1.11 bits per heavy atom. The summed E-state index contributed by atoms with van der Waals surface area (Å²) in [6.07, 6.45) is 3.76. The smallest absolute Gasteiger partial charge is 0.262 e. The highest BCUT2D eigenvalue weighted by Gasteiger charge is 2.35. The van der Waals surface area contributed by atoms with Crippen LogP contribution in [-0.4, -0.2) is 23.2 Å². The third-order valence-electron chi connectivity index (χ3n) is 4.74. The van der Waals surface area contributed by atoms with Gasteiger partial charge in [0.15, 0.2) is 0 Å². The molecule has 1 aliphatic rings. The molecule has 1 N–H and O–H groups in total. The van der Waals surface area contributed by atoms with Crippen LogP contribution in [0.15, 0.2) is 68.9 Å². The van der Waals surface area contributed by atoms with Gasteiger partial charge in [0.05, 0.1) is 19.1 Å². The fraction of sp³-hybridized carbons (Fsp3) is 0.238. The first-order valence-electron chi connectivity index (χ1n) is 8.90. The highest BCUT2D eigenvalue weighted by Crippen LogP contribution is 2.33. The number of aryl methyl sites for hydroxylation is 2. The number of rotatable bonds is 5. The molecule has 3 aromatic rings. The summed E-state index contributed by atoms with van der Waals surface area (Å²) in [6.45, 7) is 4.20. The second kappa shape index (κ2) is 7.15. The normalized spacial score (nSPS) is 16.4. The Labute approximate surface area is 157 Å². The number of hydrazone groups is 1. The molecular weight excluding hydrogens is 342 g/mol. The molecule has 1 aromatic carbocycles. The molecule has 0 saturated carbocycles. The van der Waals surface area contributed by atoms with E-state index in [1.54, 1.807) is 12.5 Å². The molecule has 0 saturated heterocycles. The number of para-hydroxylation sites is 1. The number of nitrogens with one attached hydrogen (secondary N) is 1. The number of hydrogen-bond acceptors (Lipinski definition) is 5. The molecule has 0 radical (unpaired) electrons. The fourth-order valence-electron chi connectivity index (χ4n) is 3.37. The van der Waals surface area contributed by atoms with Crippen molar-refractivity contribution in [1.82, 2.24) is 5.01 Å². The van der Waals surface area contributed by atoms with Gasteiger partial charge in [-0.15, -0.1) is 0 Å². The number of nitrogens with zero attached hydrogens (tertiary/aromatic N) is 2. The van der Waals surface area contributed by atoms with Crippen molar-refractivity contribution < 1.29 is 13.6 Å². The lowest BCUT2D eigenvalue weighted by Gasteiger charge is -2.21. The van der Waals surface area contributed by atoms with E-state index in [4.69, 9.17) is 8.83 Å². The second-order valence-electron chi connectivity index (χ2n) is 6.62. The van der Waals surface area contributed by atoms with E-state index in [9.17, 15) is 4.79 Å². The molecule has 0 bridgehead atoms. The molecule has 6 heteroatoms. The van der Waals surface area contributed by atoms with E-state index in [0.29, 0.717) is 17.9 Å². The summed E-state index contributed by atoms with van der Waals surface area (Å²) < 4.78 is 11.0. The lowest BCUT2D eigenvalue weighted by atomic mass is 10.1. The van der Waals surface area contributed by atoms with E-state index in [1.165, 1.54) is 5.01 Å². The SMILES string of the molecule is Cc1cccc(C)c1NCC(=O)N1N=C(c2ccco2)C[C@H]1c1ccco1. The van der Waals surface area contributed by atoms with Crippen LogP contribution in [0.25, 0.3) is 0 Å². The molecular formula is C21H21N3O3. The predicted octanol–water partition coefficient (Wildman–Crippen LogP) is 4.28. The Hall–Kier alpha value is -3.28. The number of amides is 1. The summed E-state index contributed by atoms with van der Waals surface area (Å²) in [5, 5.41) is 9.29. The summed E-state index contributed by atoms with van der Waals surface area (Å²) in [7, 11) is 0. The van der Waals surface area contributed by atoms with E-state index in [0.717, 1.165) is 22.5 Å². The van der Waals surface area contributed by atoms with Gasteiger partial charge in [0.2, 0.25) is 0 Å². The van der Waals surface area contributed by atoms with Crippen LogP contribution in [0.5, 0.6) is 0 Å². The Balaban J connectivity index is 1.55. The third kappa shape index (κ3) is 3.38. The first kappa shape index (κ1) is 17.1. The standard InChI is InChI=1S/C21H21N3O3/c1-14-6-3-7-15(2)21(14)22-13-20(25)24-17(19-9-5-11-27-19)12-16(23-24)18-8-4-10-26-18/h3-11,17,22H,12-13H2,1-2H3/t17-/m0/s1. The maximum Gasteiger partial charge on any atom is 0.262 e. The molecule has 1 atom stereocenters. The largest absolute Gasteiger partial charge is 0.467 e. The Bertz CT molecular complexity index is 938. The Morgan fingerprint density at radius 3 is 2.52 bits per heavy atom. The zero-order chi connectivity index (χ0) is 18.8. The van der Waals surface area contributed by atoms with E-state index in [1.807, 2.05) is 56.3 Å². The number of hydrogen-bond donors (Lipinski definition) is 1. The van der Waals surface area contributed by atoms with Crippen molar-refractivity contribution >= 4 is 17.3 Å². The van der Waals surface area contributed by atoms with Crippen LogP contribution in [0, 0.1) is 13.8 Å². The average molecular weight is 363 g/mol. The van der Waals surface area contributed by atoms with Crippen LogP contribution in [-0.2, 0) is 4.79 Å². The van der Waals surface area contributed by atoms with Crippen molar-refractivity contribution in [2.24, 2.45) is 5.10 Å². The van der Waals surface area contributed by atoms with E-state index < -0.39 is 0 Å². The van der Waals surface area contributed by atoms with Crippen LogP contribution < -0.4 is 5.32 Å². The minimum Gasteiger partial charge on any atom is -0.467 e. The summed E-state index contributed by atoms with van der Waals surface area (Å²) in [5.74, 6) is 1.26. The van der Waals surface area contributed by atoms with E-state index in [-0.39, 0.29) is 18.5 Å². The lowest BCUT2D eigenvalue weighted by Crippen LogP contribution is -2.32. The molecule has 3 heterocycles. The molecule has 27 heavy (non-hydrogen) atoms. The molecule has 0 fully saturated rings.